The first-order valence-electron chi connectivity index (χ1n) is 8.99. The Morgan fingerprint density at radius 3 is 2.00 bits per heavy atom. The van der Waals surface area contributed by atoms with Gasteiger partial charge < -0.3 is 5.32 Å². The molecule has 0 radical (unpaired) electrons. The summed E-state index contributed by atoms with van der Waals surface area (Å²) in [5.74, 6) is -0.407. The minimum Gasteiger partial charge on any atom is -0.344 e. The lowest BCUT2D eigenvalue weighted by Crippen LogP contribution is -2.40. The van der Waals surface area contributed by atoms with Gasteiger partial charge in [0, 0.05) is 12.1 Å². The number of nitrogens with one attached hydrogen (secondary N) is 1. The van der Waals surface area contributed by atoms with Crippen LogP contribution in [0, 0.1) is 0 Å². The highest BCUT2D eigenvalue weighted by atomic mass is 35.5. The van der Waals surface area contributed by atoms with Crippen LogP contribution >= 0.6 is 11.6 Å². The van der Waals surface area contributed by atoms with Crippen LogP contribution in [0.3, 0.4) is 0 Å². The Morgan fingerprint density at radius 1 is 0.931 bits per heavy atom. The summed E-state index contributed by atoms with van der Waals surface area (Å²) in [5, 5.41) is 3.26. The van der Waals surface area contributed by atoms with Crippen LogP contribution in [0.15, 0.2) is 89.8 Å². The number of nitrogens with zero attached hydrogens (tertiary/aromatic N) is 1. The van der Waals surface area contributed by atoms with Crippen molar-refractivity contribution in [2.75, 3.05) is 13.6 Å². The predicted molar refractivity (Wildman–Crippen MR) is 114 cm³/mol. The summed E-state index contributed by atoms with van der Waals surface area (Å²) in [5.41, 5.74) is 1.82. The molecule has 0 aliphatic carbocycles. The predicted octanol–water partition coefficient (Wildman–Crippen LogP) is 3.87. The molecule has 3 aromatic rings. The van der Waals surface area contributed by atoms with Crippen molar-refractivity contribution in [1.82, 2.24) is 9.62 Å². The van der Waals surface area contributed by atoms with Crippen LogP contribution in [0.1, 0.15) is 17.2 Å². The molecule has 0 bridgehead atoms. The highest BCUT2D eigenvalue weighted by Gasteiger charge is 2.25. The van der Waals surface area contributed by atoms with Crippen LogP contribution in [0.4, 0.5) is 0 Å². The molecule has 1 amide bonds. The van der Waals surface area contributed by atoms with Crippen molar-refractivity contribution in [3.63, 3.8) is 0 Å². The lowest BCUT2D eigenvalue weighted by Gasteiger charge is -2.22. The molecule has 0 spiro atoms. The number of likely N-dealkylation sites (N-methyl/N-ethyl adjacent to an activating group) is 1. The number of carbonyl (C=O) groups is 1. The van der Waals surface area contributed by atoms with Crippen LogP contribution in [-0.4, -0.2) is 32.2 Å². The Labute approximate surface area is 176 Å². The minimum atomic E-state index is -3.83. The van der Waals surface area contributed by atoms with Gasteiger partial charge in [-0.15, -0.1) is 0 Å². The van der Waals surface area contributed by atoms with Crippen LogP contribution in [0.25, 0.3) is 0 Å². The van der Waals surface area contributed by atoms with Gasteiger partial charge in [0.2, 0.25) is 15.9 Å². The second-order valence-electron chi connectivity index (χ2n) is 6.54. The van der Waals surface area contributed by atoms with E-state index in [1.165, 1.54) is 19.2 Å². The van der Waals surface area contributed by atoms with Crippen molar-refractivity contribution >= 4 is 27.5 Å². The molecular weight excluding hydrogens is 408 g/mol. The number of sulfonamides is 1. The van der Waals surface area contributed by atoms with Gasteiger partial charge in [0.1, 0.15) is 0 Å². The molecule has 29 heavy (non-hydrogen) atoms. The molecule has 0 aromatic heterocycles. The fourth-order valence-corrected chi connectivity index (χ4v) is 4.38. The lowest BCUT2D eigenvalue weighted by atomic mass is 9.99. The topological polar surface area (TPSA) is 66.5 Å². The maximum absolute atomic E-state index is 12.7. The third kappa shape index (κ3) is 5.23. The van der Waals surface area contributed by atoms with Crippen molar-refractivity contribution in [2.45, 2.75) is 10.9 Å². The lowest BCUT2D eigenvalue weighted by molar-refractivity contribution is -0.121. The highest BCUT2D eigenvalue weighted by molar-refractivity contribution is 7.89. The van der Waals surface area contributed by atoms with E-state index in [1.54, 1.807) is 12.1 Å². The molecule has 7 heteroatoms. The van der Waals surface area contributed by atoms with E-state index in [1.807, 2.05) is 60.7 Å². The Balaban J connectivity index is 1.78. The molecule has 0 saturated heterocycles. The van der Waals surface area contributed by atoms with Crippen LogP contribution in [-0.2, 0) is 14.8 Å². The second kappa shape index (κ2) is 9.22. The maximum Gasteiger partial charge on any atom is 0.243 e. The van der Waals surface area contributed by atoms with Crippen LogP contribution in [0.5, 0.6) is 0 Å². The standard InChI is InChI=1S/C22H21ClN2O3S/c1-25(29(27,28)20-14-8-13-19(23)15-20)16-21(26)24-22(17-9-4-2-5-10-17)18-11-6-3-7-12-18/h2-15,22H,16H2,1H3,(H,24,26). The number of hydrogen-bond acceptors (Lipinski definition) is 3. The Hall–Kier alpha value is -2.67. The minimum absolute atomic E-state index is 0.0444. The Bertz CT molecular complexity index is 1030. The molecule has 5 nitrogen and oxygen atoms in total. The third-order valence-electron chi connectivity index (χ3n) is 4.44. The summed E-state index contributed by atoms with van der Waals surface area (Å²) in [6, 6.07) is 24.7. The first kappa shape index (κ1) is 21.0. The summed E-state index contributed by atoms with van der Waals surface area (Å²) in [4.78, 5) is 12.8. The van der Waals surface area contributed by atoms with E-state index >= 15 is 0 Å². The monoisotopic (exact) mass is 428 g/mol. The van der Waals surface area contributed by atoms with Gasteiger partial charge in [0.25, 0.3) is 0 Å². The molecule has 1 N–H and O–H groups in total. The number of hydrogen-bond donors (Lipinski definition) is 1. The van der Waals surface area contributed by atoms with Crippen LogP contribution in [0.2, 0.25) is 5.02 Å². The summed E-state index contributed by atoms with van der Waals surface area (Å²) < 4.78 is 26.5. The SMILES string of the molecule is CN(CC(=O)NC(c1ccccc1)c1ccccc1)S(=O)(=O)c1cccc(Cl)c1. The van der Waals surface area contributed by atoms with Gasteiger partial charge in [-0.2, -0.15) is 4.31 Å². The molecule has 0 atom stereocenters. The summed E-state index contributed by atoms with van der Waals surface area (Å²) in [6.45, 7) is -0.314. The molecule has 0 heterocycles. The van der Waals surface area contributed by atoms with Crippen molar-refractivity contribution in [1.29, 1.82) is 0 Å². The van der Waals surface area contributed by atoms with Crippen LogP contribution < -0.4 is 5.32 Å². The van der Waals surface area contributed by atoms with Gasteiger partial charge in [-0.25, -0.2) is 8.42 Å². The number of benzene rings is 3. The quantitative estimate of drug-likeness (QED) is 0.621. The molecule has 0 aliphatic heterocycles. The van der Waals surface area contributed by atoms with Crippen molar-refractivity contribution in [3.05, 3.63) is 101 Å². The maximum atomic E-state index is 12.7. The molecule has 0 aliphatic rings. The Kier molecular flexibility index (Phi) is 6.69. The number of carbonyl (C=O) groups excluding carboxylic acids is 1. The molecule has 0 unspecified atom stereocenters. The van der Waals surface area contributed by atoms with Gasteiger partial charge in [-0.3, -0.25) is 4.79 Å². The first-order chi connectivity index (χ1) is 13.9. The van der Waals surface area contributed by atoms with E-state index in [-0.39, 0.29) is 17.5 Å². The fraction of sp³-hybridized carbons (Fsp3) is 0.136. The average molecular weight is 429 g/mol. The normalized spacial score (nSPS) is 11.6. The van der Waals surface area contributed by atoms with Crippen molar-refractivity contribution < 1.29 is 13.2 Å². The Morgan fingerprint density at radius 2 is 1.48 bits per heavy atom. The zero-order chi connectivity index (χ0) is 20.9. The van der Waals surface area contributed by atoms with Crippen molar-refractivity contribution in [2.24, 2.45) is 0 Å². The van der Waals surface area contributed by atoms with Gasteiger partial charge in [-0.1, -0.05) is 78.3 Å². The third-order valence-corrected chi connectivity index (χ3v) is 6.48. The molecule has 0 fully saturated rings. The summed E-state index contributed by atoms with van der Waals surface area (Å²) in [7, 11) is -2.46. The van der Waals surface area contributed by atoms with Gasteiger partial charge in [-0.05, 0) is 29.3 Å². The number of rotatable bonds is 7. The molecule has 3 rings (SSSR count). The number of halogens is 1. The van der Waals surface area contributed by atoms with E-state index in [4.69, 9.17) is 11.6 Å². The molecule has 3 aromatic carbocycles. The van der Waals surface area contributed by atoms with E-state index < -0.39 is 15.9 Å². The van der Waals surface area contributed by atoms with E-state index in [9.17, 15) is 13.2 Å². The second-order valence-corrected chi connectivity index (χ2v) is 9.02. The van der Waals surface area contributed by atoms with E-state index in [2.05, 4.69) is 5.32 Å². The van der Waals surface area contributed by atoms with E-state index in [0.717, 1.165) is 15.4 Å². The fourth-order valence-electron chi connectivity index (χ4n) is 2.95. The molecule has 150 valence electrons. The van der Waals surface area contributed by atoms with Gasteiger partial charge in [0.05, 0.1) is 17.5 Å². The first-order valence-corrected chi connectivity index (χ1v) is 10.8. The van der Waals surface area contributed by atoms with E-state index in [0.29, 0.717) is 5.02 Å². The smallest absolute Gasteiger partial charge is 0.243 e. The summed E-state index contributed by atoms with van der Waals surface area (Å²) >= 11 is 5.90. The molecular formula is C22H21ClN2O3S. The summed E-state index contributed by atoms with van der Waals surface area (Å²) in [6.07, 6.45) is 0. The highest BCUT2D eigenvalue weighted by Crippen LogP contribution is 2.22. The van der Waals surface area contributed by atoms with Gasteiger partial charge >= 0.3 is 0 Å². The number of amides is 1. The zero-order valence-corrected chi connectivity index (χ0v) is 17.4. The van der Waals surface area contributed by atoms with Crippen molar-refractivity contribution in [3.8, 4) is 0 Å². The van der Waals surface area contributed by atoms with Gasteiger partial charge in [0.15, 0.2) is 0 Å². The molecule has 0 saturated carbocycles. The largest absolute Gasteiger partial charge is 0.344 e. The zero-order valence-electron chi connectivity index (χ0n) is 15.8. The average Bonchev–Trinajstić information content (AvgIpc) is 2.73.